The van der Waals surface area contributed by atoms with Crippen LogP contribution in [0.2, 0.25) is 0 Å². The molecule has 5 rings (SSSR count). The van der Waals surface area contributed by atoms with E-state index in [9.17, 15) is 4.79 Å². The van der Waals surface area contributed by atoms with Crippen LogP contribution in [0.1, 0.15) is 41.3 Å². The highest BCUT2D eigenvalue weighted by Crippen LogP contribution is 2.52. The maximum atomic E-state index is 13.7. The highest BCUT2D eigenvalue weighted by atomic mass is 16.6. The van der Waals surface area contributed by atoms with Crippen LogP contribution >= 0.6 is 0 Å². The molecule has 162 valence electrons. The molecule has 0 aromatic heterocycles. The maximum Gasteiger partial charge on any atom is 0.178 e. The second-order valence-corrected chi connectivity index (χ2v) is 8.29. The quantitative estimate of drug-likeness (QED) is 0.737. The minimum Gasteiger partial charge on any atom is -0.493 e. The summed E-state index contributed by atoms with van der Waals surface area (Å²) < 4.78 is 34.8. The zero-order chi connectivity index (χ0) is 21.9. The van der Waals surface area contributed by atoms with E-state index in [1.807, 2.05) is 26.0 Å². The number of fused-ring (bicyclic) bond motifs is 6. The molecule has 0 N–H and O–H groups in total. The van der Waals surface area contributed by atoms with E-state index in [1.54, 1.807) is 39.5 Å². The molecule has 31 heavy (non-hydrogen) atoms. The number of carbonyl (C=O) groups excluding carboxylic acids is 1. The SMILES string of the molecule is COc1cc2c(cc1OC)C1C(=O)c3cc(OC)c4c(c3OC1CO2)C=CC(C)(C)O4. The molecule has 2 aromatic rings. The molecule has 0 saturated carbocycles. The molecule has 0 spiro atoms. The first-order valence-corrected chi connectivity index (χ1v) is 10.1. The summed E-state index contributed by atoms with van der Waals surface area (Å²) in [5.74, 6) is 2.67. The first-order chi connectivity index (χ1) is 14.9. The fourth-order valence-electron chi connectivity index (χ4n) is 4.39. The average molecular weight is 424 g/mol. The third-order valence-corrected chi connectivity index (χ3v) is 5.91. The van der Waals surface area contributed by atoms with Crippen molar-refractivity contribution in [1.29, 1.82) is 0 Å². The van der Waals surface area contributed by atoms with Crippen molar-refractivity contribution in [3.05, 3.63) is 41.0 Å². The molecule has 0 radical (unpaired) electrons. The van der Waals surface area contributed by atoms with Gasteiger partial charge in [0.1, 0.15) is 29.8 Å². The van der Waals surface area contributed by atoms with Crippen LogP contribution in [0.4, 0.5) is 0 Å². The molecular formula is C24H24O7. The van der Waals surface area contributed by atoms with Crippen LogP contribution in [0.5, 0.6) is 34.5 Å². The number of methoxy groups -OCH3 is 3. The second-order valence-electron chi connectivity index (χ2n) is 8.29. The Morgan fingerprint density at radius 3 is 2.39 bits per heavy atom. The van der Waals surface area contributed by atoms with Gasteiger partial charge in [0.15, 0.2) is 28.8 Å². The average Bonchev–Trinajstić information content (AvgIpc) is 2.76. The molecule has 3 aliphatic heterocycles. The van der Waals surface area contributed by atoms with Crippen LogP contribution in [0.25, 0.3) is 6.08 Å². The van der Waals surface area contributed by atoms with Gasteiger partial charge in [-0.15, -0.1) is 0 Å². The third-order valence-electron chi connectivity index (χ3n) is 5.91. The molecule has 0 saturated heterocycles. The van der Waals surface area contributed by atoms with E-state index in [2.05, 4.69) is 0 Å². The van der Waals surface area contributed by atoms with E-state index < -0.39 is 17.6 Å². The van der Waals surface area contributed by atoms with E-state index >= 15 is 0 Å². The minimum absolute atomic E-state index is 0.0534. The summed E-state index contributed by atoms with van der Waals surface area (Å²) in [5, 5.41) is 0. The van der Waals surface area contributed by atoms with Gasteiger partial charge in [0.25, 0.3) is 0 Å². The monoisotopic (exact) mass is 424 g/mol. The minimum atomic E-state index is -0.524. The predicted molar refractivity (Wildman–Crippen MR) is 113 cm³/mol. The summed E-state index contributed by atoms with van der Waals surface area (Å²) in [7, 11) is 4.69. The van der Waals surface area contributed by atoms with Crippen molar-refractivity contribution in [2.24, 2.45) is 0 Å². The largest absolute Gasteiger partial charge is 0.493 e. The van der Waals surface area contributed by atoms with E-state index in [-0.39, 0.29) is 12.4 Å². The zero-order valence-corrected chi connectivity index (χ0v) is 18.1. The molecule has 2 unspecified atom stereocenters. The van der Waals surface area contributed by atoms with Gasteiger partial charge in [0, 0.05) is 11.6 Å². The van der Waals surface area contributed by atoms with Gasteiger partial charge in [-0.3, -0.25) is 4.79 Å². The lowest BCUT2D eigenvalue weighted by Gasteiger charge is -2.39. The zero-order valence-electron chi connectivity index (χ0n) is 18.1. The van der Waals surface area contributed by atoms with Crippen LogP contribution < -0.4 is 28.4 Å². The summed E-state index contributed by atoms with van der Waals surface area (Å²) in [4.78, 5) is 13.7. The molecule has 0 fully saturated rings. The number of hydrogen-bond donors (Lipinski definition) is 0. The lowest BCUT2D eigenvalue weighted by molar-refractivity contribution is 0.0551. The Kier molecular flexibility index (Phi) is 4.32. The van der Waals surface area contributed by atoms with Crippen LogP contribution in [0.15, 0.2) is 24.3 Å². The van der Waals surface area contributed by atoms with Gasteiger partial charge in [-0.05, 0) is 38.1 Å². The van der Waals surface area contributed by atoms with Crippen molar-refractivity contribution in [2.75, 3.05) is 27.9 Å². The van der Waals surface area contributed by atoms with Gasteiger partial charge in [0.2, 0.25) is 0 Å². The van der Waals surface area contributed by atoms with Crippen molar-refractivity contribution in [3.63, 3.8) is 0 Å². The van der Waals surface area contributed by atoms with E-state index in [0.29, 0.717) is 51.2 Å². The van der Waals surface area contributed by atoms with Gasteiger partial charge < -0.3 is 28.4 Å². The smallest absolute Gasteiger partial charge is 0.178 e. The molecule has 2 atom stereocenters. The topological polar surface area (TPSA) is 72.5 Å². The maximum absolute atomic E-state index is 13.7. The Labute approximate surface area is 180 Å². The van der Waals surface area contributed by atoms with Crippen LogP contribution in [-0.4, -0.2) is 45.4 Å². The molecule has 3 aliphatic rings. The van der Waals surface area contributed by atoms with Crippen LogP contribution in [-0.2, 0) is 0 Å². The lowest BCUT2D eigenvalue weighted by Crippen LogP contribution is -2.43. The summed E-state index contributed by atoms with van der Waals surface area (Å²) in [6, 6.07) is 5.25. The second kappa shape index (κ2) is 6.83. The van der Waals surface area contributed by atoms with Crippen molar-refractivity contribution in [2.45, 2.75) is 31.5 Å². The molecular weight excluding hydrogens is 400 g/mol. The fraction of sp³-hybridized carbons (Fsp3) is 0.375. The van der Waals surface area contributed by atoms with Gasteiger partial charge in [-0.2, -0.15) is 0 Å². The van der Waals surface area contributed by atoms with Crippen molar-refractivity contribution < 1.29 is 33.2 Å². The molecule has 0 amide bonds. The van der Waals surface area contributed by atoms with E-state index in [0.717, 1.165) is 0 Å². The highest BCUT2D eigenvalue weighted by Gasteiger charge is 2.45. The normalized spacial score (nSPS) is 21.9. The Bertz CT molecular complexity index is 1120. The van der Waals surface area contributed by atoms with Crippen molar-refractivity contribution in [3.8, 4) is 34.5 Å². The van der Waals surface area contributed by atoms with Gasteiger partial charge in [0.05, 0.1) is 38.4 Å². The van der Waals surface area contributed by atoms with E-state index in [1.165, 1.54) is 0 Å². The molecule has 2 aromatic carbocycles. The first-order valence-electron chi connectivity index (χ1n) is 10.1. The Morgan fingerprint density at radius 2 is 1.68 bits per heavy atom. The number of hydrogen-bond acceptors (Lipinski definition) is 7. The van der Waals surface area contributed by atoms with Gasteiger partial charge in [-0.1, -0.05) is 0 Å². The molecule has 7 nitrogen and oxygen atoms in total. The first kappa shape index (κ1) is 19.6. The van der Waals surface area contributed by atoms with Crippen molar-refractivity contribution in [1.82, 2.24) is 0 Å². The number of carbonyl (C=O) groups is 1. The Morgan fingerprint density at radius 1 is 0.968 bits per heavy atom. The molecule has 0 bridgehead atoms. The molecule has 3 heterocycles. The fourth-order valence-corrected chi connectivity index (χ4v) is 4.39. The summed E-state index contributed by atoms with van der Waals surface area (Å²) >= 11 is 0. The Balaban J connectivity index is 1.65. The lowest BCUT2D eigenvalue weighted by atomic mass is 9.81. The highest BCUT2D eigenvalue weighted by molar-refractivity contribution is 6.07. The standard InChI is InChI=1S/C24H24O7/c1-24(2)7-6-12-22-14(9-18(28-5)23(12)31-24)21(25)20-13-8-16(26-3)17(27-4)10-15(13)29-11-19(20)30-22/h6-10,19-20H,11H2,1-5H3. The van der Waals surface area contributed by atoms with E-state index in [4.69, 9.17) is 28.4 Å². The summed E-state index contributed by atoms with van der Waals surface area (Å²) in [5.41, 5.74) is 1.40. The van der Waals surface area contributed by atoms with Gasteiger partial charge >= 0.3 is 0 Å². The number of ketones is 1. The molecule has 7 heteroatoms. The number of benzene rings is 2. The number of ether oxygens (including phenoxy) is 6. The van der Waals surface area contributed by atoms with Crippen molar-refractivity contribution >= 4 is 11.9 Å². The molecule has 0 aliphatic carbocycles. The Hall–Kier alpha value is -3.35. The van der Waals surface area contributed by atoms with Gasteiger partial charge in [-0.25, -0.2) is 0 Å². The number of rotatable bonds is 3. The predicted octanol–water partition coefficient (Wildman–Crippen LogP) is 4.02. The third kappa shape index (κ3) is 2.91. The number of Topliss-reactive ketones (excluding diaryl/α,β-unsaturated/α-hetero) is 1. The summed E-state index contributed by atoms with van der Waals surface area (Å²) in [6.45, 7) is 4.16. The summed E-state index contributed by atoms with van der Waals surface area (Å²) in [6.07, 6.45) is 3.41. The van der Waals surface area contributed by atoms with Crippen LogP contribution in [0, 0.1) is 0 Å². The van der Waals surface area contributed by atoms with Crippen LogP contribution in [0.3, 0.4) is 0 Å².